The summed E-state index contributed by atoms with van der Waals surface area (Å²) in [5.41, 5.74) is 7.27. The van der Waals surface area contributed by atoms with Crippen LogP contribution < -0.4 is 5.73 Å². The van der Waals surface area contributed by atoms with Crippen LogP contribution in [0.25, 0.3) is 0 Å². The van der Waals surface area contributed by atoms with E-state index in [0.29, 0.717) is 0 Å². The Morgan fingerprint density at radius 3 is 3.00 bits per heavy atom. The number of likely N-dealkylation sites (tertiary alicyclic amines) is 1. The zero-order valence-electron chi connectivity index (χ0n) is 11.1. The standard InChI is InChI=1S/C14H21N3O/c1-11-12(6-5-8-16-11)10-17-9-4-3-7-14(17,2)13(15)18/h5-6,8H,3-4,7,9-10H2,1-2H3,(H2,15,18)/t14-/m1/s1. The van der Waals surface area contributed by atoms with E-state index in [1.54, 1.807) is 6.20 Å². The molecule has 0 unspecified atom stereocenters. The van der Waals surface area contributed by atoms with Crippen molar-refractivity contribution >= 4 is 5.91 Å². The highest BCUT2D eigenvalue weighted by atomic mass is 16.1. The predicted octanol–water partition coefficient (Wildman–Crippen LogP) is 1.62. The maximum absolute atomic E-state index is 11.7. The van der Waals surface area contributed by atoms with Gasteiger partial charge < -0.3 is 5.73 Å². The maximum atomic E-state index is 11.7. The average molecular weight is 247 g/mol. The lowest BCUT2D eigenvalue weighted by molar-refractivity contribution is -0.132. The molecule has 18 heavy (non-hydrogen) atoms. The Bertz CT molecular complexity index is 446. The highest BCUT2D eigenvalue weighted by Gasteiger charge is 2.39. The summed E-state index contributed by atoms with van der Waals surface area (Å²) in [5, 5.41) is 0. The summed E-state index contributed by atoms with van der Waals surface area (Å²) in [4.78, 5) is 18.2. The van der Waals surface area contributed by atoms with E-state index in [1.165, 1.54) is 5.56 Å². The minimum absolute atomic E-state index is 0.219. The molecule has 1 amide bonds. The third-order valence-corrected chi connectivity index (χ3v) is 4.05. The van der Waals surface area contributed by atoms with Gasteiger partial charge in [-0.2, -0.15) is 0 Å². The molecule has 1 saturated heterocycles. The number of piperidine rings is 1. The molecule has 0 spiro atoms. The summed E-state index contributed by atoms with van der Waals surface area (Å²) in [7, 11) is 0. The second-order valence-electron chi connectivity index (χ2n) is 5.26. The average Bonchev–Trinajstić information content (AvgIpc) is 2.34. The number of aryl methyl sites for hydroxylation is 1. The molecule has 1 aromatic heterocycles. The first-order chi connectivity index (χ1) is 8.54. The van der Waals surface area contributed by atoms with E-state index in [1.807, 2.05) is 19.9 Å². The lowest BCUT2D eigenvalue weighted by Gasteiger charge is -2.42. The number of hydrogen-bond acceptors (Lipinski definition) is 3. The topological polar surface area (TPSA) is 59.2 Å². The number of primary amides is 1. The van der Waals surface area contributed by atoms with Gasteiger partial charge in [0.2, 0.25) is 5.91 Å². The quantitative estimate of drug-likeness (QED) is 0.883. The number of nitrogens with zero attached hydrogens (tertiary/aromatic N) is 2. The van der Waals surface area contributed by atoms with Crippen LogP contribution >= 0.6 is 0 Å². The fourth-order valence-electron chi connectivity index (χ4n) is 2.60. The van der Waals surface area contributed by atoms with E-state index in [9.17, 15) is 4.79 Å². The number of nitrogens with two attached hydrogens (primary N) is 1. The van der Waals surface area contributed by atoms with Gasteiger partial charge in [0.1, 0.15) is 0 Å². The zero-order valence-corrected chi connectivity index (χ0v) is 11.1. The van der Waals surface area contributed by atoms with Crippen LogP contribution in [0, 0.1) is 6.92 Å². The molecule has 0 aliphatic carbocycles. The van der Waals surface area contributed by atoms with Gasteiger partial charge in [-0.3, -0.25) is 14.7 Å². The normalized spacial score (nSPS) is 25.0. The lowest BCUT2D eigenvalue weighted by atomic mass is 9.87. The summed E-state index contributed by atoms with van der Waals surface area (Å²) in [6.07, 6.45) is 4.84. The number of amides is 1. The van der Waals surface area contributed by atoms with Crippen LogP contribution in [-0.2, 0) is 11.3 Å². The molecule has 1 aliphatic rings. The van der Waals surface area contributed by atoms with E-state index < -0.39 is 5.54 Å². The van der Waals surface area contributed by atoms with Crippen molar-refractivity contribution in [3.05, 3.63) is 29.6 Å². The highest BCUT2D eigenvalue weighted by molar-refractivity contribution is 5.84. The van der Waals surface area contributed by atoms with Crippen molar-refractivity contribution in [3.8, 4) is 0 Å². The second kappa shape index (κ2) is 5.06. The second-order valence-corrected chi connectivity index (χ2v) is 5.26. The molecule has 4 heteroatoms. The number of rotatable bonds is 3. The molecule has 98 valence electrons. The third kappa shape index (κ3) is 2.38. The van der Waals surface area contributed by atoms with Crippen molar-refractivity contribution < 1.29 is 4.79 Å². The number of aromatic nitrogens is 1. The monoisotopic (exact) mass is 247 g/mol. The molecule has 0 aromatic carbocycles. The molecule has 1 atom stereocenters. The molecule has 1 fully saturated rings. The van der Waals surface area contributed by atoms with E-state index in [2.05, 4.69) is 16.0 Å². The van der Waals surface area contributed by atoms with Crippen molar-refractivity contribution in [2.24, 2.45) is 5.73 Å². The fraction of sp³-hybridized carbons (Fsp3) is 0.571. The van der Waals surface area contributed by atoms with Crippen LogP contribution in [0.4, 0.5) is 0 Å². The van der Waals surface area contributed by atoms with Gasteiger partial charge in [0.15, 0.2) is 0 Å². The Balaban J connectivity index is 2.21. The summed E-state index contributed by atoms with van der Waals surface area (Å²) in [5.74, 6) is -0.219. The minimum Gasteiger partial charge on any atom is -0.368 e. The van der Waals surface area contributed by atoms with E-state index >= 15 is 0 Å². The Labute approximate surface area is 108 Å². The molecule has 2 rings (SSSR count). The van der Waals surface area contributed by atoms with Crippen molar-refractivity contribution in [3.63, 3.8) is 0 Å². The molecule has 2 N–H and O–H groups in total. The van der Waals surface area contributed by atoms with Crippen LogP contribution in [0.1, 0.15) is 37.4 Å². The molecular formula is C14H21N3O. The van der Waals surface area contributed by atoms with Gasteiger partial charge in [-0.25, -0.2) is 0 Å². The lowest BCUT2D eigenvalue weighted by Crippen LogP contribution is -2.57. The van der Waals surface area contributed by atoms with Crippen molar-refractivity contribution in [1.29, 1.82) is 0 Å². The van der Waals surface area contributed by atoms with Gasteiger partial charge in [-0.15, -0.1) is 0 Å². The van der Waals surface area contributed by atoms with E-state index in [0.717, 1.165) is 38.0 Å². The number of hydrogen-bond donors (Lipinski definition) is 1. The maximum Gasteiger partial charge on any atom is 0.237 e. The van der Waals surface area contributed by atoms with E-state index in [-0.39, 0.29) is 5.91 Å². The van der Waals surface area contributed by atoms with Crippen molar-refractivity contribution in [2.45, 2.75) is 45.2 Å². The Kier molecular flexibility index (Phi) is 3.66. The first kappa shape index (κ1) is 13.0. The number of carbonyl (C=O) groups is 1. The Hall–Kier alpha value is -1.42. The van der Waals surface area contributed by atoms with E-state index in [4.69, 9.17) is 5.73 Å². The molecule has 0 radical (unpaired) electrons. The Morgan fingerprint density at radius 1 is 1.56 bits per heavy atom. The first-order valence-corrected chi connectivity index (χ1v) is 6.49. The third-order valence-electron chi connectivity index (χ3n) is 4.05. The summed E-state index contributed by atoms with van der Waals surface area (Å²) >= 11 is 0. The molecule has 0 saturated carbocycles. The summed E-state index contributed by atoms with van der Waals surface area (Å²) in [6, 6.07) is 4.01. The minimum atomic E-state index is -0.513. The van der Waals surface area contributed by atoms with Gasteiger partial charge >= 0.3 is 0 Å². The number of pyridine rings is 1. The van der Waals surface area contributed by atoms with Gasteiger partial charge in [-0.1, -0.05) is 6.07 Å². The van der Waals surface area contributed by atoms with Crippen LogP contribution in [0.15, 0.2) is 18.3 Å². The predicted molar refractivity (Wildman–Crippen MR) is 70.8 cm³/mol. The van der Waals surface area contributed by atoms with Crippen LogP contribution in [0.2, 0.25) is 0 Å². The smallest absolute Gasteiger partial charge is 0.237 e. The zero-order chi connectivity index (χ0) is 13.2. The molecular weight excluding hydrogens is 226 g/mol. The summed E-state index contributed by atoms with van der Waals surface area (Å²) in [6.45, 7) is 5.63. The van der Waals surface area contributed by atoms with Crippen molar-refractivity contribution in [1.82, 2.24) is 9.88 Å². The van der Waals surface area contributed by atoms with Gasteiger partial charge in [0, 0.05) is 18.4 Å². The summed E-state index contributed by atoms with van der Waals surface area (Å²) < 4.78 is 0. The molecule has 4 nitrogen and oxygen atoms in total. The first-order valence-electron chi connectivity index (χ1n) is 6.49. The SMILES string of the molecule is Cc1ncccc1CN1CCCC[C@]1(C)C(N)=O. The van der Waals surface area contributed by atoms with Crippen molar-refractivity contribution in [2.75, 3.05) is 6.54 Å². The Morgan fingerprint density at radius 2 is 2.33 bits per heavy atom. The number of carbonyl (C=O) groups excluding carboxylic acids is 1. The van der Waals surface area contributed by atoms with Crippen LogP contribution in [-0.4, -0.2) is 27.9 Å². The van der Waals surface area contributed by atoms with Gasteiger partial charge in [-0.05, 0) is 51.3 Å². The molecule has 2 heterocycles. The van der Waals surface area contributed by atoms with Crippen LogP contribution in [0.3, 0.4) is 0 Å². The fourth-order valence-corrected chi connectivity index (χ4v) is 2.60. The molecule has 1 aromatic rings. The van der Waals surface area contributed by atoms with Crippen LogP contribution in [0.5, 0.6) is 0 Å². The van der Waals surface area contributed by atoms with Gasteiger partial charge in [0.05, 0.1) is 5.54 Å². The molecule has 0 bridgehead atoms. The highest BCUT2D eigenvalue weighted by Crippen LogP contribution is 2.29. The largest absolute Gasteiger partial charge is 0.368 e. The molecule has 1 aliphatic heterocycles. The van der Waals surface area contributed by atoms with Gasteiger partial charge in [0.25, 0.3) is 0 Å².